The number of aliphatic hydroxyl groups is 1. The monoisotopic (exact) mass is 806 g/mol. The minimum atomic E-state index is -1.00. The molecule has 5 amide bonds. The largest absolute Gasteiger partial charge is 0.496 e. The van der Waals surface area contributed by atoms with Gasteiger partial charge in [0, 0.05) is 69.8 Å². The number of imide groups is 2. The number of aliphatic hydroxyl groups excluding tert-OH is 1. The Bertz CT molecular complexity index is 2210. The fourth-order valence-electron chi connectivity index (χ4n) is 9.39. The van der Waals surface area contributed by atoms with E-state index in [0.717, 1.165) is 78.9 Å². The third-order valence-electron chi connectivity index (χ3n) is 12.5. The number of fused-ring (bicyclic) bond motifs is 2. The number of nitrogens with one attached hydrogen (secondary N) is 1. The Hall–Kier alpha value is -5.80. The van der Waals surface area contributed by atoms with E-state index in [-0.39, 0.29) is 41.4 Å². The number of pyridine rings is 1. The van der Waals surface area contributed by atoms with Crippen LogP contribution in [0.4, 0.5) is 0 Å². The predicted octanol–water partition coefficient (Wildman–Crippen LogP) is 3.89. The van der Waals surface area contributed by atoms with Gasteiger partial charge < -0.3 is 34.0 Å². The van der Waals surface area contributed by atoms with Crippen molar-refractivity contribution < 1.29 is 43.3 Å². The summed E-state index contributed by atoms with van der Waals surface area (Å²) in [5, 5.41) is 12.9. The Balaban J connectivity index is 0.792. The van der Waals surface area contributed by atoms with Gasteiger partial charge in [-0.05, 0) is 98.0 Å². The minimum absolute atomic E-state index is 0.00963. The van der Waals surface area contributed by atoms with Gasteiger partial charge in [0.05, 0.1) is 43.6 Å². The quantitative estimate of drug-likeness (QED) is 0.189. The average Bonchev–Trinajstić information content (AvgIpc) is 3.74. The second-order valence-electron chi connectivity index (χ2n) is 16.5. The number of piperidine rings is 1. The number of carbonyl (C=O) groups excluding carboxylic acids is 5. The maximum atomic E-state index is 13.3. The van der Waals surface area contributed by atoms with Gasteiger partial charge in [0.1, 0.15) is 23.3 Å². The highest BCUT2D eigenvalue weighted by Crippen LogP contribution is 2.47. The van der Waals surface area contributed by atoms with E-state index < -0.39 is 35.9 Å². The van der Waals surface area contributed by atoms with Crippen LogP contribution >= 0.6 is 0 Å². The molecule has 15 nitrogen and oxygen atoms in total. The van der Waals surface area contributed by atoms with Crippen molar-refractivity contribution >= 4 is 35.1 Å². The molecule has 2 N–H and O–H groups in total. The van der Waals surface area contributed by atoms with Crippen LogP contribution in [0.2, 0.25) is 0 Å². The third-order valence-corrected chi connectivity index (χ3v) is 12.5. The molecular formula is C44H50N6O9. The van der Waals surface area contributed by atoms with Gasteiger partial charge in [-0.1, -0.05) is 0 Å². The van der Waals surface area contributed by atoms with Crippen LogP contribution in [0.3, 0.4) is 0 Å². The molecule has 59 heavy (non-hydrogen) atoms. The van der Waals surface area contributed by atoms with Crippen LogP contribution in [0.5, 0.6) is 17.2 Å². The number of amides is 5. The van der Waals surface area contributed by atoms with E-state index in [1.54, 1.807) is 61.7 Å². The van der Waals surface area contributed by atoms with Crippen LogP contribution in [-0.4, -0.2) is 119 Å². The summed E-state index contributed by atoms with van der Waals surface area (Å²) in [6.45, 7) is 3.19. The van der Waals surface area contributed by atoms with Crippen molar-refractivity contribution in [1.29, 1.82) is 0 Å². The van der Waals surface area contributed by atoms with E-state index in [1.165, 1.54) is 0 Å². The molecule has 0 bridgehead atoms. The Morgan fingerprint density at radius 2 is 1.73 bits per heavy atom. The second kappa shape index (κ2) is 16.1. The number of carbonyl (C=O) groups is 5. The molecule has 3 aromatic rings. The first-order valence-electron chi connectivity index (χ1n) is 20.2. The van der Waals surface area contributed by atoms with Gasteiger partial charge in [-0.2, -0.15) is 0 Å². The van der Waals surface area contributed by atoms with E-state index >= 15 is 0 Å². The van der Waals surface area contributed by atoms with Crippen molar-refractivity contribution in [2.24, 2.45) is 5.41 Å². The molecule has 15 heteroatoms. The number of aromatic nitrogens is 1. The van der Waals surface area contributed by atoms with Crippen LogP contribution in [0.1, 0.15) is 101 Å². The van der Waals surface area contributed by atoms with Gasteiger partial charge >= 0.3 is 0 Å². The summed E-state index contributed by atoms with van der Waals surface area (Å²) in [6, 6.07) is 9.65. The number of ether oxygens (including phenoxy) is 3. The lowest BCUT2D eigenvalue weighted by Crippen LogP contribution is -2.55. The SMILES string of the molecule is COc1cc(C2=CN(C)C(O)c3cnccc32)cc(OC)c1CN(C)C(=O)CCCCN1CC2(CCC(Oc3ccc4c(c3)C(=O)N(C3CCC(=O)NC3=O)C4=O)C2)C1. The topological polar surface area (TPSA) is 171 Å². The highest BCUT2D eigenvalue weighted by molar-refractivity contribution is 6.23. The molecule has 310 valence electrons. The summed E-state index contributed by atoms with van der Waals surface area (Å²) < 4.78 is 18.0. The zero-order chi connectivity index (χ0) is 41.6. The fourth-order valence-corrected chi connectivity index (χ4v) is 9.39. The lowest BCUT2D eigenvalue weighted by atomic mass is 9.78. The Labute approximate surface area is 342 Å². The molecule has 0 radical (unpaired) electrons. The first-order valence-corrected chi connectivity index (χ1v) is 20.2. The fraction of sp³-hybridized carbons (Fsp3) is 0.455. The number of nitrogens with zero attached hydrogens (tertiary/aromatic N) is 5. The zero-order valence-electron chi connectivity index (χ0n) is 33.9. The van der Waals surface area contributed by atoms with Crippen LogP contribution in [0, 0.1) is 5.41 Å². The molecule has 1 aromatic heterocycles. The van der Waals surface area contributed by atoms with Crippen molar-refractivity contribution in [2.75, 3.05) is 47.9 Å². The van der Waals surface area contributed by atoms with Crippen LogP contribution in [0.15, 0.2) is 55.0 Å². The third kappa shape index (κ3) is 7.64. The molecule has 1 spiro atoms. The summed E-state index contributed by atoms with van der Waals surface area (Å²) >= 11 is 0. The van der Waals surface area contributed by atoms with Gasteiger partial charge in [0.25, 0.3) is 11.8 Å². The molecule has 1 saturated carbocycles. The molecule has 5 heterocycles. The smallest absolute Gasteiger partial charge is 0.262 e. The Morgan fingerprint density at radius 1 is 0.983 bits per heavy atom. The number of benzene rings is 2. The second-order valence-corrected chi connectivity index (χ2v) is 16.5. The summed E-state index contributed by atoms with van der Waals surface area (Å²) in [6.07, 6.45) is 9.59. The van der Waals surface area contributed by atoms with Crippen molar-refractivity contribution in [1.82, 2.24) is 29.9 Å². The highest BCUT2D eigenvalue weighted by atomic mass is 16.5. The molecule has 3 fully saturated rings. The molecular weight excluding hydrogens is 757 g/mol. The first-order chi connectivity index (χ1) is 28.4. The molecule has 4 aliphatic heterocycles. The van der Waals surface area contributed by atoms with E-state index in [0.29, 0.717) is 35.8 Å². The summed E-state index contributed by atoms with van der Waals surface area (Å²) in [5.41, 5.74) is 4.74. The van der Waals surface area contributed by atoms with E-state index in [2.05, 4.69) is 15.2 Å². The average molecular weight is 807 g/mol. The van der Waals surface area contributed by atoms with Crippen LogP contribution in [-0.2, 0) is 20.9 Å². The molecule has 2 aromatic carbocycles. The molecule has 3 unspecified atom stereocenters. The van der Waals surface area contributed by atoms with Gasteiger partial charge in [-0.15, -0.1) is 0 Å². The lowest BCUT2D eigenvalue weighted by molar-refractivity contribution is -0.136. The molecule has 8 rings (SSSR count). The minimum Gasteiger partial charge on any atom is -0.496 e. The van der Waals surface area contributed by atoms with Gasteiger partial charge in [-0.3, -0.25) is 39.2 Å². The predicted molar refractivity (Wildman–Crippen MR) is 214 cm³/mol. The number of methoxy groups -OCH3 is 2. The van der Waals surface area contributed by atoms with Gasteiger partial charge in [-0.25, -0.2) is 0 Å². The lowest BCUT2D eigenvalue weighted by Gasteiger charge is -2.48. The number of rotatable bonds is 13. The van der Waals surface area contributed by atoms with E-state index in [4.69, 9.17) is 14.2 Å². The Morgan fingerprint density at radius 3 is 2.46 bits per heavy atom. The molecule has 5 aliphatic rings. The zero-order valence-corrected chi connectivity index (χ0v) is 33.9. The maximum absolute atomic E-state index is 13.3. The molecule has 3 atom stereocenters. The number of likely N-dealkylation sites (tertiary alicyclic amines) is 1. The normalized spacial score (nSPS) is 22.1. The van der Waals surface area contributed by atoms with Crippen molar-refractivity contribution in [3.05, 3.63) is 88.4 Å². The van der Waals surface area contributed by atoms with Gasteiger partial charge in [0.2, 0.25) is 17.7 Å². The summed E-state index contributed by atoms with van der Waals surface area (Å²) in [7, 11) is 6.82. The van der Waals surface area contributed by atoms with Crippen molar-refractivity contribution in [3.8, 4) is 17.2 Å². The number of hydrogen-bond donors (Lipinski definition) is 2. The van der Waals surface area contributed by atoms with Gasteiger partial charge in [0.15, 0.2) is 6.23 Å². The summed E-state index contributed by atoms with van der Waals surface area (Å²) in [5.74, 6) is -0.346. The van der Waals surface area contributed by atoms with E-state index in [1.807, 2.05) is 31.4 Å². The van der Waals surface area contributed by atoms with Crippen molar-refractivity contribution in [2.45, 2.75) is 76.3 Å². The first kappa shape index (κ1) is 40.0. The maximum Gasteiger partial charge on any atom is 0.262 e. The van der Waals surface area contributed by atoms with Crippen molar-refractivity contribution in [3.63, 3.8) is 0 Å². The molecule has 2 saturated heterocycles. The highest BCUT2D eigenvalue weighted by Gasteiger charge is 2.49. The summed E-state index contributed by atoms with van der Waals surface area (Å²) in [4.78, 5) is 74.7. The standard InChI is InChI=1S/C44H50N6O9/c1-47(23-34-36(57-3)17-26(18-37(34)58-4)33-22-48(2)41(54)32-21-45-15-13-29(32)33)39(52)7-5-6-16-49-24-44(25-49)14-12-28(20-44)59-27-8-9-30-31(19-27)43(56)50(42(30)55)35-10-11-38(51)46-40(35)53/h8-9,13,15,17-19,21-22,28,35,41,54H,5-7,10-12,14,16,20,23-25H2,1-4H3,(H,46,51,53). The molecule has 1 aliphatic carbocycles. The number of hydrogen-bond acceptors (Lipinski definition) is 12. The van der Waals surface area contributed by atoms with Crippen LogP contribution < -0.4 is 19.5 Å². The van der Waals surface area contributed by atoms with E-state index in [9.17, 15) is 29.1 Å². The van der Waals surface area contributed by atoms with Crippen LogP contribution in [0.25, 0.3) is 5.57 Å². The Kier molecular flexibility index (Phi) is 10.9. The number of unbranched alkanes of at least 4 members (excludes halogenated alkanes) is 1.